The van der Waals surface area contributed by atoms with Crippen molar-refractivity contribution in [3.05, 3.63) is 35.6 Å². The second kappa shape index (κ2) is 5.90. The molecule has 0 aliphatic rings. The Bertz CT molecular complexity index is 204. The van der Waals surface area contributed by atoms with Crippen molar-refractivity contribution < 1.29 is 4.74 Å². The molecule has 0 amide bonds. The summed E-state index contributed by atoms with van der Waals surface area (Å²) in [6.45, 7) is 9.56. The molecule has 0 atom stereocenters. The van der Waals surface area contributed by atoms with Crippen molar-refractivity contribution >= 4 is 11.6 Å². The molecule has 0 N–H and O–H groups in total. The molecule has 0 aromatic heterocycles. The van der Waals surface area contributed by atoms with E-state index in [1.165, 1.54) is 0 Å². The van der Waals surface area contributed by atoms with Crippen molar-refractivity contribution in [2.45, 2.75) is 19.8 Å². The van der Waals surface area contributed by atoms with E-state index in [9.17, 15) is 0 Å². The second-order valence-electron chi connectivity index (χ2n) is 2.53. The maximum Gasteiger partial charge on any atom is 0.130 e. The predicted molar refractivity (Wildman–Crippen MR) is 54.1 cm³/mol. The Labute approximate surface area is 79.4 Å². The summed E-state index contributed by atoms with van der Waals surface area (Å²) in [5.74, 6) is 0.480. The number of halogens is 1. The molecule has 0 aliphatic carbocycles. The lowest BCUT2D eigenvalue weighted by Gasteiger charge is -2.02. The van der Waals surface area contributed by atoms with Gasteiger partial charge in [0.1, 0.15) is 5.76 Å². The first-order valence-corrected chi connectivity index (χ1v) is 4.27. The van der Waals surface area contributed by atoms with E-state index in [-0.39, 0.29) is 0 Å². The first kappa shape index (κ1) is 11.3. The molecule has 0 rings (SSSR count). The zero-order chi connectivity index (χ0) is 9.56. The standard InChI is InChI=1S/C10H15ClO/c1-5-6-8(2)7-10(11)9(3)12-4/h7H,2-3,5-6H2,1,4H3/b10-7+. The molecule has 0 saturated heterocycles. The second-order valence-corrected chi connectivity index (χ2v) is 2.94. The number of allylic oxidation sites excluding steroid dienone is 3. The fourth-order valence-corrected chi connectivity index (χ4v) is 0.982. The quantitative estimate of drug-likeness (QED) is 0.471. The molecule has 0 aliphatic heterocycles. The highest BCUT2D eigenvalue weighted by molar-refractivity contribution is 6.31. The topological polar surface area (TPSA) is 9.23 Å². The van der Waals surface area contributed by atoms with Crippen LogP contribution in [0.3, 0.4) is 0 Å². The van der Waals surface area contributed by atoms with Gasteiger partial charge in [0.15, 0.2) is 0 Å². The van der Waals surface area contributed by atoms with E-state index < -0.39 is 0 Å². The lowest BCUT2D eigenvalue weighted by atomic mass is 10.1. The highest BCUT2D eigenvalue weighted by Crippen LogP contribution is 2.17. The van der Waals surface area contributed by atoms with Crippen LogP contribution < -0.4 is 0 Å². The molecule has 0 aromatic rings. The minimum absolute atomic E-state index is 0.480. The summed E-state index contributed by atoms with van der Waals surface area (Å²) in [5, 5.41) is 0.524. The zero-order valence-corrected chi connectivity index (χ0v) is 8.45. The average Bonchev–Trinajstić information content (AvgIpc) is 2.03. The molecule has 68 valence electrons. The first-order valence-electron chi connectivity index (χ1n) is 3.90. The largest absolute Gasteiger partial charge is 0.496 e. The van der Waals surface area contributed by atoms with Gasteiger partial charge in [-0.15, -0.1) is 0 Å². The molecular weight excluding hydrogens is 172 g/mol. The summed E-state index contributed by atoms with van der Waals surface area (Å²) in [4.78, 5) is 0. The third-order valence-electron chi connectivity index (χ3n) is 1.41. The van der Waals surface area contributed by atoms with E-state index in [4.69, 9.17) is 16.3 Å². The van der Waals surface area contributed by atoms with Crippen LogP contribution in [0.25, 0.3) is 0 Å². The van der Waals surface area contributed by atoms with Gasteiger partial charge in [-0.25, -0.2) is 0 Å². The van der Waals surface area contributed by atoms with Gasteiger partial charge in [0.2, 0.25) is 0 Å². The van der Waals surface area contributed by atoms with E-state index in [0.29, 0.717) is 10.8 Å². The van der Waals surface area contributed by atoms with Crippen LogP contribution in [-0.2, 0) is 4.74 Å². The molecule has 2 heteroatoms. The van der Waals surface area contributed by atoms with Crippen LogP contribution >= 0.6 is 11.6 Å². The van der Waals surface area contributed by atoms with Crippen LogP contribution in [0.15, 0.2) is 35.6 Å². The lowest BCUT2D eigenvalue weighted by molar-refractivity contribution is 0.306. The van der Waals surface area contributed by atoms with Gasteiger partial charge >= 0.3 is 0 Å². The Morgan fingerprint density at radius 2 is 2.08 bits per heavy atom. The van der Waals surface area contributed by atoms with Crippen molar-refractivity contribution in [3.63, 3.8) is 0 Å². The van der Waals surface area contributed by atoms with Crippen LogP contribution in [0, 0.1) is 0 Å². The maximum atomic E-state index is 5.84. The van der Waals surface area contributed by atoms with E-state index in [1.54, 1.807) is 13.2 Å². The van der Waals surface area contributed by atoms with Gasteiger partial charge in [0.05, 0.1) is 12.1 Å². The highest BCUT2D eigenvalue weighted by Gasteiger charge is 1.98. The Morgan fingerprint density at radius 1 is 1.50 bits per heavy atom. The summed E-state index contributed by atoms with van der Waals surface area (Å²) in [6, 6.07) is 0. The maximum absolute atomic E-state index is 5.84. The van der Waals surface area contributed by atoms with Crippen molar-refractivity contribution in [1.29, 1.82) is 0 Å². The third kappa shape index (κ3) is 4.24. The minimum atomic E-state index is 0.480. The zero-order valence-electron chi connectivity index (χ0n) is 7.69. The van der Waals surface area contributed by atoms with Gasteiger partial charge < -0.3 is 4.74 Å². The molecule has 0 heterocycles. The molecule has 1 nitrogen and oxygen atoms in total. The summed E-state index contributed by atoms with van der Waals surface area (Å²) in [5.41, 5.74) is 1.00. The molecule has 0 radical (unpaired) electrons. The third-order valence-corrected chi connectivity index (χ3v) is 1.73. The van der Waals surface area contributed by atoms with Gasteiger partial charge in [0.25, 0.3) is 0 Å². The Hall–Kier alpha value is -0.690. The number of rotatable bonds is 5. The van der Waals surface area contributed by atoms with Crippen LogP contribution in [0.4, 0.5) is 0 Å². The van der Waals surface area contributed by atoms with Crippen LogP contribution in [0.2, 0.25) is 0 Å². The molecule has 0 aromatic carbocycles. The van der Waals surface area contributed by atoms with Crippen LogP contribution in [-0.4, -0.2) is 7.11 Å². The van der Waals surface area contributed by atoms with Gasteiger partial charge in [-0.3, -0.25) is 0 Å². The number of ether oxygens (including phenoxy) is 1. The highest BCUT2D eigenvalue weighted by atomic mass is 35.5. The number of hydrogen-bond acceptors (Lipinski definition) is 1. The van der Waals surface area contributed by atoms with Gasteiger partial charge in [-0.1, -0.05) is 43.7 Å². The Morgan fingerprint density at radius 3 is 2.50 bits per heavy atom. The Kier molecular flexibility index (Phi) is 5.56. The van der Waals surface area contributed by atoms with Crippen molar-refractivity contribution in [1.82, 2.24) is 0 Å². The lowest BCUT2D eigenvalue weighted by Crippen LogP contribution is -1.85. The monoisotopic (exact) mass is 186 g/mol. The van der Waals surface area contributed by atoms with Gasteiger partial charge in [-0.05, 0) is 12.5 Å². The number of methoxy groups -OCH3 is 1. The van der Waals surface area contributed by atoms with Crippen molar-refractivity contribution in [2.75, 3.05) is 7.11 Å². The summed E-state index contributed by atoms with van der Waals surface area (Å²) in [6.07, 6.45) is 3.81. The smallest absolute Gasteiger partial charge is 0.130 e. The molecule has 0 bridgehead atoms. The normalized spacial score (nSPS) is 11.1. The fraction of sp³-hybridized carbons (Fsp3) is 0.400. The molecular formula is C10H15ClO. The predicted octanol–water partition coefficient (Wildman–Crippen LogP) is 3.63. The van der Waals surface area contributed by atoms with Crippen molar-refractivity contribution in [2.24, 2.45) is 0 Å². The fourth-order valence-electron chi connectivity index (χ4n) is 0.750. The molecule has 0 fully saturated rings. The first-order chi connectivity index (χ1) is 5.61. The Balaban J connectivity index is 4.15. The summed E-state index contributed by atoms with van der Waals surface area (Å²) >= 11 is 5.84. The van der Waals surface area contributed by atoms with Crippen LogP contribution in [0.5, 0.6) is 0 Å². The van der Waals surface area contributed by atoms with E-state index >= 15 is 0 Å². The van der Waals surface area contributed by atoms with Crippen molar-refractivity contribution in [3.8, 4) is 0 Å². The SMILES string of the molecule is C=C(/C=C(/Cl)C(=C)OC)CCC. The summed E-state index contributed by atoms with van der Waals surface area (Å²) in [7, 11) is 1.54. The average molecular weight is 187 g/mol. The van der Waals surface area contributed by atoms with E-state index in [0.717, 1.165) is 18.4 Å². The van der Waals surface area contributed by atoms with E-state index in [1.807, 2.05) is 0 Å². The van der Waals surface area contributed by atoms with Gasteiger partial charge in [-0.2, -0.15) is 0 Å². The molecule has 0 unspecified atom stereocenters. The summed E-state index contributed by atoms with van der Waals surface area (Å²) < 4.78 is 4.86. The molecule has 0 spiro atoms. The van der Waals surface area contributed by atoms with Crippen LogP contribution in [0.1, 0.15) is 19.8 Å². The minimum Gasteiger partial charge on any atom is -0.496 e. The van der Waals surface area contributed by atoms with E-state index in [2.05, 4.69) is 20.1 Å². The molecule has 12 heavy (non-hydrogen) atoms. The van der Waals surface area contributed by atoms with Gasteiger partial charge in [0, 0.05) is 0 Å². The molecule has 0 saturated carbocycles. The number of hydrogen-bond donors (Lipinski definition) is 0.